The lowest BCUT2D eigenvalue weighted by Crippen LogP contribution is -2.42. The maximum atomic E-state index is 13.8. The third-order valence-electron chi connectivity index (χ3n) is 9.38. The highest BCUT2D eigenvalue weighted by molar-refractivity contribution is 8.00. The number of nitrogens with zero attached hydrogens (tertiary/aromatic N) is 1. The van der Waals surface area contributed by atoms with Gasteiger partial charge < -0.3 is 10.3 Å². The number of imide groups is 1. The Balaban J connectivity index is 1.19. The van der Waals surface area contributed by atoms with Crippen LogP contribution in [0.1, 0.15) is 49.1 Å². The number of nitrogens with one attached hydrogen (secondary N) is 2. The Bertz CT molecular complexity index is 1620. The molecule has 7 rings (SSSR count). The van der Waals surface area contributed by atoms with E-state index in [0.29, 0.717) is 10.7 Å². The van der Waals surface area contributed by atoms with E-state index in [9.17, 15) is 19.2 Å². The lowest BCUT2D eigenvalue weighted by atomic mass is 9.68. The number of halogens is 1. The number of aromatic amines is 1. The fraction of sp³-hybridized carbons (Fsp3) is 0.419. The maximum absolute atomic E-state index is 13.8. The van der Waals surface area contributed by atoms with Crippen molar-refractivity contribution in [2.24, 2.45) is 29.6 Å². The Morgan fingerprint density at radius 1 is 1.00 bits per heavy atom. The number of hydrogen-bond donors (Lipinski definition) is 2. The summed E-state index contributed by atoms with van der Waals surface area (Å²) < 4.78 is 0. The number of thioether (sulfide) groups is 1. The molecule has 2 aromatic carbocycles. The molecule has 41 heavy (non-hydrogen) atoms. The number of fused-ring (bicyclic) bond motifs is 9. The van der Waals surface area contributed by atoms with Gasteiger partial charge in [0.15, 0.2) is 0 Å². The number of H-pyrrole nitrogens is 1. The van der Waals surface area contributed by atoms with Gasteiger partial charge in [0.2, 0.25) is 17.7 Å². The predicted molar refractivity (Wildman–Crippen MR) is 160 cm³/mol. The van der Waals surface area contributed by atoms with Gasteiger partial charge in [0, 0.05) is 26.8 Å². The first-order valence-corrected chi connectivity index (χ1v) is 16.0. The van der Waals surface area contributed by atoms with Crippen molar-refractivity contribution in [1.29, 1.82) is 0 Å². The second kappa shape index (κ2) is 9.57. The number of carbonyl (C=O) groups excluding carboxylic acids is 3. The van der Waals surface area contributed by atoms with Crippen LogP contribution in [0.4, 0.5) is 5.69 Å². The average Bonchev–Trinajstić information content (AvgIpc) is 3.65. The van der Waals surface area contributed by atoms with Gasteiger partial charge in [-0.05, 0) is 65.0 Å². The van der Waals surface area contributed by atoms with E-state index >= 15 is 0 Å². The number of likely N-dealkylation sites (tertiary alicyclic amines) is 1. The van der Waals surface area contributed by atoms with Gasteiger partial charge in [-0.3, -0.25) is 24.1 Å². The van der Waals surface area contributed by atoms with E-state index < -0.39 is 17.7 Å². The minimum absolute atomic E-state index is 0.0147. The molecule has 4 aliphatic rings. The fourth-order valence-corrected chi connectivity index (χ4v) is 10.7. The molecule has 3 fully saturated rings. The Labute approximate surface area is 251 Å². The molecular weight excluding hydrogens is 578 g/mol. The molecule has 2 saturated carbocycles. The highest BCUT2D eigenvalue weighted by atomic mass is 35.5. The number of aromatic nitrogens is 1. The summed E-state index contributed by atoms with van der Waals surface area (Å²) in [7, 11) is 0. The minimum Gasteiger partial charge on any atom is -0.325 e. The van der Waals surface area contributed by atoms with Crippen LogP contribution < -0.4 is 10.2 Å². The molecular formula is C31H30ClN3O4S2. The molecule has 2 N–H and O–H groups in total. The molecule has 212 valence electrons. The number of hydrogen-bond acceptors (Lipinski definition) is 6. The topological polar surface area (TPSA) is 99.3 Å². The van der Waals surface area contributed by atoms with Crippen molar-refractivity contribution in [3.05, 3.63) is 79.2 Å². The first-order chi connectivity index (χ1) is 19.5. The van der Waals surface area contributed by atoms with Gasteiger partial charge in [-0.25, -0.2) is 0 Å². The molecule has 1 aromatic heterocycles. The molecule has 1 saturated heterocycles. The Hall–Kier alpha value is -2.88. The van der Waals surface area contributed by atoms with Crippen LogP contribution in [-0.4, -0.2) is 39.4 Å². The van der Waals surface area contributed by atoms with E-state index in [-0.39, 0.29) is 57.6 Å². The number of amides is 3. The van der Waals surface area contributed by atoms with Crippen molar-refractivity contribution < 1.29 is 14.4 Å². The predicted octanol–water partition coefficient (Wildman–Crippen LogP) is 5.50. The van der Waals surface area contributed by atoms with Crippen molar-refractivity contribution in [2.75, 3.05) is 11.9 Å². The summed E-state index contributed by atoms with van der Waals surface area (Å²) in [6.07, 6.45) is 0.815. The van der Waals surface area contributed by atoms with E-state index in [0.717, 1.165) is 21.9 Å². The molecule has 3 amide bonds. The second-order valence-corrected chi connectivity index (χ2v) is 15.3. The van der Waals surface area contributed by atoms with Crippen molar-refractivity contribution >= 4 is 58.1 Å². The summed E-state index contributed by atoms with van der Waals surface area (Å²) in [5.41, 5.74) is 2.96. The second-order valence-electron chi connectivity index (χ2n) is 12.7. The fourth-order valence-electron chi connectivity index (χ4n) is 7.68. The zero-order valence-electron chi connectivity index (χ0n) is 22.8. The average molecular weight is 608 g/mol. The summed E-state index contributed by atoms with van der Waals surface area (Å²) in [6.45, 7) is 6.26. The van der Waals surface area contributed by atoms with E-state index in [1.165, 1.54) is 21.8 Å². The lowest BCUT2D eigenvalue weighted by molar-refractivity contribution is -0.143. The normalized spacial score (nSPS) is 29.9. The van der Waals surface area contributed by atoms with Crippen molar-refractivity contribution in [2.45, 2.75) is 48.8 Å². The van der Waals surface area contributed by atoms with Crippen LogP contribution in [0.2, 0.25) is 5.02 Å². The van der Waals surface area contributed by atoms with Crippen molar-refractivity contribution in [3.63, 3.8) is 0 Å². The molecule has 3 aromatic rings. The van der Waals surface area contributed by atoms with E-state index in [4.69, 9.17) is 11.6 Å². The smallest absolute Gasteiger partial charge is 0.305 e. The van der Waals surface area contributed by atoms with E-state index in [2.05, 4.69) is 55.3 Å². The first-order valence-electron chi connectivity index (χ1n) is 13.9. The van der Waals surface area contributed by atoms with E-state index in [1.54, 1.807) is 36.0 Å². The molecule has 7 atom stereocenters. The SMILES string of the molecule is CC(C)(C)c1ccc([C@H]2c3sc(=O)[nH]c3SC3C4CC(C5C(=O)N(CC(=O)Nc6ccc(Cl)cc6)C(=O)C45)C32)cc1. The summed E-state index contributed by atoms with van der Waals surface area (Å²) >= 11 is 8.87. The van der Waals surface area contributed by atoms with Crippen LogP contribution in [-0.2, 0) is 19.8 Å². The third kappa shape index (κ3) is 4.31. The van der Waals surface area contributed by atoms with Crippen molar-refractivity contribution in [1.82, 2.24) is 9.88 Å². The molecule has 0 spiro atoms. The quantitative estimate of drug-likeness (QED) is 0.382. The molecule has 3 heterocycles. The minimum atomic E-state index is -0.425. The Morgan fingerprint density at radius 2 is 1.66 bits per heavy atom. The summed E-state index contributed by atoms with van der Waals surface area (Å²) in [5, 5.41) is 4.33. The molecule has 7 nitrogen and oxygen atoms in total. The molecule has 2 aliphatic carbocycles. The zero-order chi connectivity index (χ0) is 28.8. The number of benzene rings is 2. The molecule has 0 radical (unpaired) electrons. The van der Waals surface area contributed by atoms with Crippen LogP contribution in [0.15, 0.2) is 58.4 Å². The molecule has 10 heteroatoms. The van der Waals surface area contributed by atoms with Crippen LogP contribution >= 0.6 is 34.7 Å². The van der Waals surface area contributed by atoms with Gasteiger partial charge in [0.25, 0.3) is 0 Å². The van der Waals surface area contributed by atoms with Gasteiger partial charge in [0.05, 0.1) is 16.9 Å². The number of carbonyl (C=O) groups is 3. The summed E-state index contributed by atoms with van der Waals surface area (Å²) in [6, 6.07) is 15.4. The van der Waals surface area contributed by atoms with Gasteiger partial charge in [-0.1, -0.05) is 68.0 Å². The first kappa shape index (κ1) is 27.0. The molecule has 6 unspecified atom stereocenters. The number of rotatable bonds is 4. The molecule has 2 aliphatic heterocycles. The van der Waals surface area contributed by atoms with Crippen LogP contribution in [0.3, 0.4) is 0 Å². The van der Waals surface area contributed by atoms with Gasteiger partial charge in [-0.2, -0.15) is 0 Å². The van der Waals surface area contributed by atoms with Gasteiger partial charge in [0.1, 0.15) is 6.54 Å². The summed E-state index contributed by atoms with van der Waals surface area (Å²) in [4.78, 5) is 58.0. The summed E-state index contributed by atoms with van der Waals surface area (Å²) in [5.74, 6) is -1.59. The number of thiazole rings is 1. The monoisotopic (exact) mass is 607 g/mol. The van der Waals surface area contributed by atoms with Crippen LogP contribution in [0.25, 0.3) is 0 Å². The van der Waals surface area contributed by atoms with Crippen LogP contribution in [0, 0.1) is 29.6 Å². The maximum Gasteiger partial charge on any atom is 0.305 e. The standard InChI is InChI=1S/C31H30ClN3O4S2/c1-31(2,3)15-6-4-14(5-7-15)21-22-18-12-19(25(22)40-27-26(21)41-30(39)34-27)24-23(18)28(37)35(29(24)38)13-20(36)33-17-10-8-16(32)9-11-17/h4-11,18-19,21-25H,12-13H2,1-3H3,(H,33,36)(H,34,39)/t18?,19?,21-,22?,23?,24?,25?/m1/s1. The zero-order valence-corrected chi connectivity index (χ0v) is 25.2. The van der Waals surface area contributed by atoms with Crippen LogP contribution in [0.5, 0.6) is 0 Å². The van der Waals surface area contributed by atoms with Gasteiger partial charge in [-0.15, -0.1) is 11.8 Å². The van der Waals surface area contributed by atoms with Crippen molar-refractivity contribution in [3.8, 4) is 0 Å². The van der Waals surface area contributed by atoms with E-state index in [1.807, 2.05) is 0 Å². The Morgan fingerprint density at radius 3 is 2.32 bits per heavy atom. The number of anilines is 1. The largest absolute Gasteiger partial charge is 0.325 e. The third-order valence-corrected chi connectivity index (χ3v) is 12.2. The highest BCUT2D eigenvalue weighted by Crippen LogP contribution is 2.68. The molecule has 2 bridgehead atoms. The Kier molecular flexibility index (Phi) is 6.30. The van der Waals surface area contributed by atoms with Gasteiger partial charge >= 0.3 is 4.87 Å². The highest BCUT2D eigenvalue weighted by Gasteiger charge is 2.69. The lowest BCUT2D eigenvalue weighted by Gasteiger charge is -2.43.